The molecule has 3 rings (SSSR count). The smallest absolute Gasteiger partial charge is 0.355 e. The van der Waals surface area contributed by atoms with Gasteiger partial charge in [-0.15, -0.1) is 0 Å². The van der Waals surface area contributed by atoms with E-state index in [0.717, 1.165) is 0 Å². The number of halogens is 2. The third-order valence-electron chi connectivity index (χ3n) is 4.24. The first-order valence-electron chi connectivity index (χ1n) is 8.80. The molecule has 9 nitrogen and oxygen atoms in total. The van der Waals surface area contributed by atoms with Gasteiger partial charge in [0.05, 0.1) is 44.2 Å². The van der Waals surface area contributed by atoms with Gasteiger partial charge in [-0.25, -0.2) is 14.0 Å². The van der Waals surface area contributed by atoms with Gasteiger partial charge in [-0.3, -0.25) is 4.68 Å². The van der Waals surface area contributed by atoms with Crippen LogP contribution >= 0.6 is 11.6 Å². The fourth-order valence-electron chi connectivity index (χ4n) is 2.83. The van der Waals surface area contributed by atoms with Gasteiger partial charge in [0.15, 0.2) is 11.6 Å². The van der Waals surface area contributed by atoms with Crippen molar-refractivity contribution in [3.8, 4) is 5.75 Å². The summed E-state index contributed by atoms with van der Waals surface area (Å²) in [5.41, 5.74) is 0.189. The molecule has 11 heteroatoms. The number of esters is 2. The Balaban J connectivity index is 1.79. The zero-order chi connectivity index (χ0) is 21.7. The molecular formula is C19H19ClFN3O6. The van der Waals surface area contributed by atoms with Crippen molar-refractivity contribution in [3.63, 3.8) is 0 Å². The third-order valence-corrected chi connectivity index (χ3v) is 4.44. The number of hydrogen-bond donors (Lipinski definition) is 0. The molecule has 1 aromatic carbocycles. The number of carbonyl (C=O) groups excluding carboxylic acids is 2. The van der Waals surface area contributed by atoms with Crippen LogP contribution < -0.4 is 9.64 Å². The number of nitrogens with zero attached hydrogens (tertiary/aromatic N) is 3. The van der Waals surface area contributed by atoms with Crippen LogP contribution in [-0.2, 0) is 30.3 Å². The second kappa shape index (κ2) is 9.59. The summed E-state index contributed by atoms with van der Waals surface area (Å²) in [6.07, 6.45) is 3.12. The lowest BCUT2D eigenvalue weighted by atomic mass is 10.1. The molecule has 0 spiro atoms. The second-order valence-corrected chi connectivity index (χ2v) is 6.54. The first-order valence-corrected chi connectivity index (χ1v) is 9.17. The number of anilines is 1. The molecule has 0 amide bonds. The zero-order valence-corrected chi connectivity index (χ0v) is 17.0. The number of carbonyl (C=O) groups is 2. The Morgan fingerprint density at radius 3 is 2.67 bits per heavy atom. The average molecular weight is 440 g/mol. The lowest BCUT2D eigenvalue weighted by Gasteiger charge is -2.31. The molecule has 0 radical (unpaired) electrons. The lowest BCUT2D eigenvalue weighted by molar-refractivity contribution is -0.140. The number of hydrogen-bond acceptors (Lipinski definition) is 8. The molecule has 1 aliphatic heterocycles. The Hall–Kier alpha value is -3.11. The van der Waals surface area contributed by atoms with Gasteiger partial charge in [0.25, 0.3) is 0 Å². The summed E-state index contributed by atoms with van der Waals surface area (Å²) < 4.78 is 36.5. The molecule has 1 aromatic heterocycles. The Morgan fingerprint density at radius 2 is 2.03 bits per heavy atom. The SMILES string of the molecule is COC(=O)C1=C(C(=O)OC)N(c2ccc(OCCn3cc(Cl)cn3)c(F)c2)COC1. The molecule has 2 heterocycles. The highest BCUT2D eigenvalue weighted by Gasteiger charge is 2.32. The van der Waals surface area contributed by atoms with Gasteiger partial charge in [0.1, 0.15) is 19.0 Å². The van der Waals surface area contributed by atoms with Crippen LogP contribution in [0.4, 0.5) is 10.1 Å². The van der Waals surface area contributed by atoms with E-state index in [0.29, 0.717) is 11.6 Å². The Labute approximate surface area is 176 Å². The van der Waals surface area contributed by atoms with Gasteiger partial charge in [0, 0.05) is 18.0 Å². The maximum Gasteiger partial charge on any atom is 0.355 e. The molecular weight excluding hydrogens is 421 g/mol. The molecule has 30 heavy (non-hydrogen) atoms. The maximum absolute atomic E-state index is 14.6. The molecule has 1 aliphatic rings. The summed E-state index contributed by atoms with van der Waals surface area (Å²) in [7, 11) is 2.37. The van der Waals surface area contributed by atoms with Crippen LogP contribution in [-0.4, -0.2) is 55.9 Å². The minimum atomic E-state index is -0.766. The highest BCUT2D eigenvalue weighted by Crippen LogP contribution is 2.30. The number of aromatic nitrogens is 2. The first kappa shape index (κ1) is 21.6. The molecule has 0 bridgehead atoms. The van der Waals surface area contributed by atoms with Crippen molar-refractivity contribution in [1.29, 1.82) is 0 Å². The lowest BCUT2D eigenvalue weighted by Crippen LogP contribution is -2.38. The number of rotatable bonds is 7. The van der Waals surface area contributed by atoms with Gasteiger partial charge in [-0.05, 0) is 12.1 Å². The fraction of sp³-hybridized carbons (Fsp3) is 0.316. The molecule has 0 N–H and O–H groups in total. The van der Waals surface area contributed by atoms with Crippen molar-refractivity contribution in [2.75, 3.05) is 39.1 Å². The molecule has 0 unspecified atom stereocenters. The summed E-state index contributed by atoms with van der Waals surface area (Å²) >= 11 is 5.79. The van der Waals surface area contributed by atoms with Crippen molar-refractivity contribution >= 4 is 29.2 Å². The van der Waals surface area contributed by atoms with Crippen molar-refractivity contribution in [3.05, 3.63) is 52.7 Å². The van der Waals surface area contributed by atoms with Crippen LogP contribution in [0.25, 0.3) is 0 Å². The standard InChI is InChI=1S/C19H19ClFN3O6/c1-27-18(25)14-10-29-11-24(17(14)19(26)28-2)13-3-4-16(15(21)7-13)30-6-5-23-9-12(20)8-22-23/h3-4,7-9H,5-6,10-11H2,1-2H3. The van der Waals surface area contributed by atoms with Crippen LogP contribution in [0.2, 0.25) is 5.02 Å². The average Bonchev–Trinajstić information content (AvgIpc) is 3.18. The van der Waals surface area contributed by atoms with Gasteiger partial charge < -0.3 is 23.8 Å². The number of ether oxygens (including phenoxy) is 4. The molecule has 0 fully saturated rings. The summed E-state index contributed by atoms with van der Waals surface area (Å²) in [6.45, 7) is 0.339. The first-order chi connectivity index (χ1) is 14.4. The number of methoxy groups -OCH3 is 2. The molecule has 2 aromatic rings. The monoisotopic (exact) mass is 439 g/mol. The van der Waals surface area contributed by atoms with Crippen LogP contribution in [0, 0.1) is 5.82 Å². The van der Waals surface area contributed by atoms with E-state index >= 15 is 0 Å². The van der Waals surface area contributed by atoms with Crippen molar-refractivity contribution in [2.45, 2.75) is 6.54 Å². The van der Waals surface area contributed by atoms with Gasteiger partial charge in [-0.1, -0.05) is 11.6 Å². The molecule has 160 valence electrons. The highest BCUT2D eigenvalue weighted by molar-refractivity contribution is 6.30. The van der Waals surface area contributed by atoms with E-state index in [2.05, 4.69) is 5.10 Å². The normalized spacial score (nSPS) is 13.9. The largest absolute Gasteiger partial charge is 0.489 e. The van der Waals surface area contributed by atoms with Crippen LogP contribution in [0.5, 0.6) is 5.75 Å². The van der Waals surface area contributed by atoms with Crippen LogP contribution in [0.15, 0.2) is 41.9 Å². The van der Waals surface area contributed by atoms with E-state index in [1.807, 2.05) is 0 Å². The maximum atomic E-state index is 14.6. The van der Waals surface area contributed by atoms with Crippen molar-refractivity contribution in [2.24, 2.45) is 0 Å². The van der Waals surface area contributed by atoms with E-state index in [-0.39, 0.29) is 42.7 Å². The second-order valence-electron chi connectivity index (χ2n) is 6.10. The van der Waals surface area contributed by atoms with Crippen LogP contribution in [0.3, 0.4) is 0 Å². The van der Waals surface area contributed by atoms with Gasteiger partial charge in [-0.2, -0.15) is 5.10 Å². The summed E-state index contributed by atoms with van der Waals surface area (Å²) in [5, 5.41) is 4.51. The Morgan fingerprint density at radius 1 is 1.27 bits per heavy atom. The quantitative estimate of drug-likeness (QED) is 0.606. The molecule has 0 atom stereocenters. The summed E-state index contributed by atoms with van der Waals surface area (Å²) in [6, 6.07) is 4.13. The molecule has 0 saturated heterocycles. The molecule has 0 saturated carbocycles. The predicted molar refractivity (Wildman–Crippen MR) is 103 cm³/mol. The highest BCUT2D eigenvalue weighted by atomic mass is 35.5. The van der Waals surface area contributed by atoms with E-state index in [1.54, 1.807) is 10.9 Å². The zero-order valence-electron chi connectivity index (χ0n) is 16.3. The van der Waals surface area contributed by atoms with E-state index in [1.165, 1.54) is 43.5 Å². The van der Waals surface area contributed by atoms with Crippen molar-refractivity contribution < 1.29 is 32.9 Å². The summed E-state index contributed by atoms with van der Waals surface area (Å²) in [4.78, 5) is 25.7. The summed E-state index contributed by atoms with van der Waals surface area (Å²) in [5.74, 6) is -2.14. The van der Waals surface area contributed by atoms with Gasteiger partial charge in [0.2, 0.25) is 0 Å². The van der Waals surface area contributed by atoms with E-state index in [4.69, 9.17) is 30.5 Å². The predicted octanol–water partition coefficient (Wildman–Crippen LogP) is 2.15. The van der Waals surface area contributed by atoms with Crippen LogP contribution in [0.1, 0.15) is 0 Å². The minimum absolute atomic E-state index is 0.0192. The Bertz CT molecular complexity index is 977. The third kappa shape index (κ3) is 4.71. The Kier molecular flexibility index (Phi) is 6.91. The van der Waals surface area contributed by atoms with Crippen molar-refractivity contribution in [1.82, 2.24) is 9.78 Å². The fourth-order valence-corrected chi connectivity index (χ4v) is 2.99. The minimum Gasteiger partial charge on any atom is -0.489 e. The van der Waals surface area contributed by atoms with E-state index in [9.17, 15) is 14.0 Å². The molecule has 0 aliphatic carbocycles. The number of benzene rings is 1. The topological polar surface area (TPSA) is 92.1 Å². The van der Waals surface area contributed by atoms with Gasteiger partial charge >= 0.3 is 11.9 Å². The van der Waals surface area contributed by atoms with E-state index < -0.39 is 17.8 Å².